The number of carbonyl (C=O) groups excluding carboxylic acids is 2. The number of aromatic nitrogens is 2. The molecule has 0 radical (unpaired) electrons. The highest BCUT2D eigenvalue weighted by molar-refractivity contribution is 6.35. The van der Waals surface area contributed by atoms with E-state index in [2.05, 4.69) is 10.4 Å². The number of methoxy groups -OCH3 is 2. The molecule has 1 aliphatic rings. The van der Waals surface area contributed by atoms with Crippen LogP contribution in [0.2, 0.25) is 10.0 Å². The Kier molecular flexibility index (Phi) is 7.80. The van der Waals surface area contributed by atoms with Crippen molar-refractivity contribution in [3.8, 4) is 11.5 Å². The van der Waals surface area contributed by atoms with Crippen LogP contribution in [0.5, 0.6) is 11.5 Å². The monoisotopic (exact) mass is 570 g/mol. The number of halogens is 5. The zero-order valence-corrected chi connectivity index (χ0v) is 22.0. The molecule has 0 aliphatic carbocycles. The quantitative estimate of drug-likeness (QED) is 0.465. The zero-order chi connectivity index (χ0) is 27.8. The van der Waals surface area contributed by atoms with Gasteiger partial charge in [0.25, 0.3) is 5.91 Å². The molecule has 8 nitrogen and oxygen atoms in total. The van der Waals surface area contributed by atoms with Gasteiger partial charge in [-0.1, -0.05) is 29.3 Å². The second-order valence-corrected chi connectivity index (χ2v) is 9.40. The van der Waals surface area contributed by atoms with E-state index in [4.69, 9.17) is 32.7 Å². The summed E-state index contributed by atoms with van der Waals surface area (Å²) in [5.41, 5.74) is 0.200. The van der Waals surface area contributed by atoms with Gasteiger partial charge in [-0.2, -0.15) is 18.3 Å². The number of carbonyl (C=O) groups is 2. The predicted octanol–water partition coefficient (Wildman–Crippen LogP) is 4.67. The van der Waals surface area contributed by atoms with Crippen molar-refractivity contribution in [2.45, 2.75) is 18.6 Å². The third-order valence-electron chi connectivity index (χ3n) is 6.19. The van der Waals surface area contributed by atoms with E-state index in [1.54, 1.807) is 24.3 Å². The summed E-state index contributed by atoms with van der Waals surface area (Å²) in [5, 5.41) is 6.36. The normalized spacial score (nSPS) is 15.2. The number of nitrogens with one attached hydrogen (secondary N) is 1. The van der Waals surface area contributed by atoms with E-state index < -0.39 is 41.8 Å². The summed E-state index contributed by atoms with van der Waals surface area (Å²) >= 11 is 12.6. The molecule has 13 heteroatoms. The largest absolute Gasteiger partial charge is 0.493 e. The van der Waals surface area contributed by atoms with Gasteiger partial charge in [-0.05, 0) is 47.4 Å². The molecule has 3 aromatic rings. The van der Waals surface area contributed by atoms with Crippen LogP contribution in [-0.2, 0) is 24.4 Å². The molecule has 0 saturated heterocycles. The molecule has 38 heavy (non-hydrogen) atoms. The first-order valence-corrected chi connectivity index (χ1v) is 12.1. The van der Waals surface area contributed by atoms with E-state index in [9.17, 15) is 22.8 Å². The maximum atomic E-state index is 13.4. The van der Waals surface area contributed by atoms with Gasteiger partial charge >= 0.3 is 6.18 Å². The van der Waals surface area contributed by atoms with E-state index in [0.29, 0.717) is 33.5 Å². The molecule has 202 valence electrons. The fourth-order valence-corrected chi connectivity index (χ4v) is 5.00. The van der Waals surface area contributed by atoms with Gasteiger partial charge in [0.05, 0.1) is 32.4 Å². The van der Waals surface area contributed by atoms with Crippen molar-refractivity contribution < 1.29 is 32.2 Å². The van der Waals surface area contributed by atoms with Crippen molar-refractivity contribution in [2.24, 2.45) is 7.05 Å². The molecule has 2 heterocycles. The minimum atomic E-state index is -4.83. The topological polar surface area (TPSA) is 85.7 Å². The van der Waals surface area contributed by atoms with Crippen molar-refractivity contribution in [3.05, 3.63) is 74.5 Å². The van der Waals surface area contributed by atoms with Crippen molar-refractivity contribution >= 4 is 35.0 Å². The lowest BCUT2D eigenvalue weighted by molar-refractivity contribution is -0.141. The van der Waals surface area contributed by atoms with Crippen LogP contribution in [0.25, 0.3) is 0 Å². The molecule has 2 amide bonds. The maximum absolute atomic E-state index is 13.4. The summed E-state index contributed by atoms with van der Waals surface area (Å²) in [6.45, 7) is -0.295. The molecule has 1 atom stereocenters. The van der Waals surface area contributed by atoms with Crippen LogP contribution >= 0.6 is 23.2 Å². The highest BCUT2D eigenvalue weighted by Crippen LogP contribution is 2.43. The van der Waals surface area contributed by atoms with Crippen molar-refractivity contribution in [3.63, 3.8) is 0 Å². The van der Waals surface area contributed by atoms with E-state index in [1.807, 2.05) is 6.07 Å². The smallest absolute Gasteiger partial charge is 0.435 e. The average Bonchev–Trinajstić information content (AvgIpc) is 3.28. The molecule has 0 saturated carbocycles. The summed E-state index contributed by atoms with van der Waals surface area (Å²) in [6, 6.07) is 7.80. The van der Waals surface area contributed by atoms with Gasteiger partial charge in [0.1, 0.15) is 0 Å². The Hall–Kier alpha value is -3.44. The molecular weight excluding hydrogens is 548 g/mol. The van der Waals surface area contributed by atoms with Crippen LogP contribution in [0.15, 0.2) is 36.5 Å². The van der Waals surface area contributed by atoms with Gasteiger partial charge in [0, 0.05) is 29.8 Å². The Morgan fingerprint density at radius 2 is 1.79 bits per heavy atom. The first-order valence-electron chi connectivity index (χ1n) is 11.3. The average molecular weight is 571 g/mol. The number of fused-ring (bicyclic) bond motifs is 1. The minimum Gasteiger partial charge on any atom is -0.493 e. The Labute approximate surface area is 226 Å². The minimum absolute atomic E-state index is 0.251. The highest BCUT2D eigenvalue weighted by atomic mass is 35.5. The third kappa shape index (κ3) is 5.39. The second-order valence-electron chi connectivity index (χ2n) is 8.56. The molecular formula is C25H23Cl2F3N4O4. The molecule has 1 aromatic heterocycles. The van der Waals surface area contributed by atoms with E-state index in [1.165, 1.54) is 26.2 Å². The fraction of sp³-hybridized carbons (Fsp3) is 0.320. The number of amides is 2. The van der Waals surface area contributed by atoms with Crippen molar-refractivity contribution in [2.75, 3.05) is 27.3 Å². The lowest BCUT2D eigenvalue weighted by atomic mass is 9.87. The molecule has 0 spiro atoms. The second kappa shape index (κ2) is 10.7. The molecule has 1 aliphatic heterocycles. The summed E-state index contributed by atoms with van der Waals surface area (Å²) in [4.78, 5) is 27.5. The van der Waals surface area contributed by atoms with Crippen LogP contribution in [0.1, 0.15) is 38.8 Å². The number of ether oxygens (including phenoxy) is 2. The Morgan fingerprint density at radius 3 is 2.42 bits per heavy atom. The molecule has 1 N–H and O–H groups in total. The fourth-order valence-electron chi connectivity index (χ4n) is 4.49. The first kappa shape index (κ1) is 27.6. The van der Waals surface area contributed by atoms with Gasteiger partial charge in [-0.3, -0.25) is 14.3 Å². The molecule has 0 bridgehead atoms. The number of hydrogen-bond donors (Lipinski definition) is 1. The number of alkyl halides is 3. The summed E-state index contributed by atoms with van der Waals surface area (Å²) < 4.78 is 51.7. The number of hydrogen-bond acceptors (Lipinski definition) is 5. The van der Waals surface area contributed by atoms with Gasteiger partial charge in [-0.15, -0.1) is 0 Å². The van der Waals surface area contributed by atoms with Gasteiger partial charge < -0.3 is 19.7 Å². The number of nitrogens with zero attached hydrogens (tertiary/aromatic N) is 3. The molecule has 1 unspecified atom stereocenters. The predicted molar refractivity (Wildman–Crippen MR) is 134 cm³/mol. The van der Waals surface area contributed by atoms with Gasteiger partial charge in [-0.25, -0.2) is 0 Å². The summed E-state index contributed by atoms with van der Waals surface area (Å²) in [6.07, 6.45) is -3.42. The first-order chi connectivity index (χ1) is 17.9. The van der Waals surface area contributed by atoms with Crippen molar-refractivity contribution in [1.82, 2.24) is 20.0 Å². The Morgan fingerprint density at radius 1 is 1.11 bits per heavy atom. The van der Waals surface area contributed by atoms with Crippen LogP contribution < -0.4 is 14.8 Å². The van der Waals surface area contributed by atoms with Crippen LogP contribution in [-0.4, -0.2) is 53.8 Å². The molecule has 0 fully saturated rings. The number of benzene rings is 2. The Balaban J connectivity index is 1.67. The van der Waals surface area contributed by atoms with Crippen molar-refractivity contribution in [1.29, 1.82) is 0 Å². The summed E-state index contributed by atoms with van der Waals surface area (Å²) in [5.74, 6) is -0.618. The standard InChI is InChI=1S/C25H23Cl2F3N4O4/c1-33-12-17(23(32-33)25(28,29)30)24(36)31-11-21(35)34-7-6-13-8-19(37-2)20(38-3)10-16(13)22(34)15-5-4-14(26)9-18(15)27/h4-5,8-10,12,22H,6-7,11H2,1-3H3,(H,31,36). The highest BCUT2D eigenvalue weighted by Gasteiger charge is 2.39. The van der Waals surface area contributed by atoms with Crippen LogP contribution in [0.4, 0.5) is 13.2 Å². The van der Waals surface area contributed by atoms with E-state index in [0.717, 1.165) is 22.0 Å². The van der Waals surface area contributed by atoms with Gasteiger partial charge in [0.2, 0.25) is 5.91 Å². The maximum Gasteiger partial charge on any atom is 0.435 e. The molecule has 4 rings (SSSR count). The number of rotatable bonds is 6. The van der Waals surface area contributed by atoms with Crippen LogP contribution in [0, 0.1) is 0 Å². The van der Waals surface area contributed by atoms with E-state index >= 15 is 0 Å². The Bertz CT molecular complexity index is 1390. The number of aryl methyl sites for hydroxylation is 1. The molecule has 2 aromatic carbocycles. The SMILES string of the molecule is COc1cc2c(cc1OC)C(c1ccc(Cl)cc1Cl)N(C(=O)CNC(=O)c1cn(C)nc1C(F)(F)F)CC2. The summed E-state index contributed by atoms with van der Waals surface area (Å²) in [7, 11) is 4.28. The lowest BCUT2D eigenvalue weighted by Crippen LogP contribution is -2.45. The van der Waals surface area contributed by atoms with Gasteiger partial charge in [0.15, 0.2) is 17.2 Å². The zero-order valence-electron chi connectivity index (χ0n) is 20.5. The lowest BCUT2D eigenvalue weighted by Gasteiger charge is -2.38. The van der Waals surface area contributed by atoms with E-state index in [-0.39, 0.29) is 6.54 Å². The third-order valence-corrected chi connectivity index (χ3v) is 6.76. The van der Waals surface area contributed by atoms with Crippen LogP contribution in [0.3, 0.4) is 0 Å².